The van der Waals surface area contributed by atoms with Gasteiger partial charge in [0.1, 0.15) is 0 Å². The molecule has 0 heterocycles. The molecule has 0 amide bonds. The Morgan fingerprint density at radius 3 is 2.92 bits per heavy atom. The summed E-state index contributed by atoms with van der Waals surface area (Å²) in [6.45, 7) is 0. The Kier molecular flexibility index (Phi) is 1.90. The lowest BCUT2D eigenvalue weighted by Gasteiger charge is -1.99. The van der Waals surface area contributed by atoms with E-state index in [1.54, 1.807) is 0 Å². The predicted molar refractivity (Wildman–Crippen MR) is 51.4 cm³/mol. The third kappa shape index (κ3) is 1.25. The number of terminal acetylenes is 1. The maximum Gasteiger partial charge on any atom is 0.167 e. The van der Waals surface area contributed by atoms with Gasteiger partial charge in [-0.3, -0.25) is 4.79 Å². The number of fused-ring (bicyclic) bond motifs is 1. The second-order valence-electron chi connectivity index (χ2n) is 3.33. The van der Waals surface area contributed by atoms with Gasteiger partial charge in [0.25, 0.3) is 0 Å². The zero-order valence-corrected chi connectivity index (χ0v) is 7.29. The molecule has 1 aliphatic carbocycles. The van der Waals surface area contributed by atoms with E-state index < -0.39 is 0 Å². The van der Waals surface area contributed by atoms with Crippen molar-refractivity contribution in [2.75, 3.05) is 0 Å². The summed E-state index contributed by atoms with van der Waals surface area (Å²) >= 11 is 0. The van der Waals surface area contributed by atoms with Crippen LogP contribution >= 0.6 is 0 Å². The highest BCUT2D eigenvalue weighted by molar-refractivity contribution is 6.02. The molecule has 0 spiro atoms. The Balaban J connectivity index is 2.34. The molecule has 0 fully saturated rings. The van der Waals surface area contributed by atoms with Crippen LogP contribution in [0, 0.1) is 18.3 Å². The van der Waals surface area contributed by atoms with Gasteiger partial charge >= 0.3 is 0 Å². The van der Waals surface area contributed by atoms with Crippen LogP contribution in [0.4, 0.5) is 0 Å². The van der Waals surface area contributed by atoms with Crippen molar-refractivity contribution in [1.82, 2.24) is 0 Å². The molecule has 1 aromatic rings. The first kappa shape index (κ1) is 8.07. The van der Waals surface area contributed by atoms with Crippen LogP contribution in [0.2, 0.25) is 0 Å². The van der Waals surface area contributed by atoms with Gasteiger partial charge in [-0.25, -0.2) is 0 Å². The molecule has 1 unspecified atom stereocenters. The number of carbonyl (C=O) groups is 1. The highest BCUT2D eigenvalue weighted by Crippen LogP contribution is 2.27. The van der Waals surface area contributed by atoms with E-state index in [9.17, 15) is 4.79 Å². The molecule has 2 rings (SSSR count). The highest BCUT2D eigenvalue weighted by atomic mass is 16.1. The molecule has 1 nitrogen and oxygen atoms in total. The van der Waals surface area contributed by atoms with Gasteiger partial charge in [0.05, 0.1) is 0 Å². The summed E-state index contributed by atoms with van der Waals surface area (Å²) in [4.78, 5) is 11.7. The first-order valence-electron chi connectivity index (χ1n) is 4.38. The number of Topliss-reactive ketones (excluding diaryl/α,β-unsaturated/α-hetero) is 1. The summed E-state index contributed by atoms with van der Waals surface area (Å²) in [5, 5.41) is 0. The summed E-state index contributed by atoms with van der Waals surface area (Å²) < 4.78 is 0. The van der Waals surface area contributed by atoms with Crippen molar-refractivity contribution in [2.45, 2.75) is 12.8 Å². The fourth-order valence-corrected chi connectivity index (χ4v) is 1.82. The maximum absolute atomic E-state index is 11.7. The van der Waals surface area contributed by atoms with Gasteiger partial charge in [0, 0.05) is 17.9 Å². The second-order valence-corrected chi connectivity index (χ2v) is 3.33. The normalized spacial score (nSPS) is 19.6. The average Bonchev–Trinajstić information content (AvgIpc) is 2.46. The van der Waals surface area contributed by atoms with Crippen molar-refractivity contribution in [1.29, 1.82) is 0 Å². The van der Waals surface area contributed by atoms with Crippen molar-refractivity contribution in [3.63, 3.8) is 0 Å². The molecular weight excluding hydrogens is 160 g/mol. The maximum atomic E-state index is 11.7. The third-order valence-corrected chi connectivity index (χ3v) is 2.48. The zero-order chi connectivity index (χ0) is 9.26. The Labute approximate surface area is 77.8 Å². The second kappa shape index (κ2) is 3.06. The molecule has 13 heavy (non-hydrogen) atoms. The van der Waals surface area contributed by atoms with Crippen molar-refractivity contribution >= 4 is 5.78 Å². The largest absolute Gasteiger partial charge is 0.294 e. The SMILES string of the molecule is C#CCC1Cc2ccccc2C1=O. The van der Waals surface area contributed by atoms with Gasteiger partial charge < -0.3 is 0 Å². The Morgan fingerprint density at radius 2 is 2.23 bits per heavy atom. The monoisotopic (exact) mass is 170 g/mol. The molecule has 0 radical (unpaired) electrons. The van der Waals surface area contributed by atoms with Gasteiger partial charge in [0.2, 0.25) is 0 Å². The first-order chi connectivity index (χ1) is 6.33. The Hall–Kier alpha value is -1.55. The number of hydrogen-bond acceptors (Lipinski definition) is 1. The standard InChI is InChI=1S/C12H10O/c1-2-5-10-8-9-6-3-4-7-11(9)12(10)13/h1,3-4,6-7,10H,5,8H2. The van der Waals surface area contributed by atoms with Crippen molar-refractivity contribution in [3.8, 4) is 12.3 Å². The topological polar surface area (TPSA) is 17.1 Å². The van der Waals surface area contributed by atoms with E-state index >= 15 is 0 Å². The minimum absolute atomic E-state index is 0.0300. The van der Waals surface area contributed by atoms with Gasteiger partial charge in [-0.2, -0.15) is 0 Å². The number of benzene rings is 1. The number of carbonyl (C=O) groups excluding carboxylic acids is 1. The van der Waals surface area contributed by atoms with E-state index in [0.717, 1.165) is 17.5 Å². The number of hydrogen-bond donors (Lipinski definition) is 0. The Bertz CT molecular complexity index is 384. The van der Waals surface area contributed by atoms with E-state index in [0.29, 0.717) is 6.42 Å². The van der Waals surface area contributed by atoms with Gasteiger partial charge in [-0.15, -0.1) is 12.3 Å². The first-order valence-corrected chi connectivity index (χ1v) is 4.38. The molecule has 64 valence electrons. The lowest BCUT2D eigenvalue weighted by molar-refractivity contribution is 0.0939. The minimum Gasteiger partial charge on any atom is -0.294 e. The van der Waals surface area contributed by atoms with Crippen LogP contribution in [-0.4, -0.2) is 5.78 Å². The van der Waals surface area contributed by atoms with Crippen molar-refractivity contribution < 1.29 is 4.79 Å². The van der Waals surface area contributed by atoms with E-state index in [2.05, 4.69) is 5.92 Å². The van der Waals surface area contributed by atoms with Gasteiger partial charge in [0.15, 0.2) is 5.78 Å². The number of rotatable bonds is 1. The fraction of sp³-hybridized carbons (Fsp3) is 0.250. The van der Waals surface area contributed by atoms with E-state index in [-0.39, 0.29) is 11.7 Å². The predicted octanol–water partition coefficient (Wildman–Crippen LogP) is 2.06. The zero-order valence-electron chi connectivity index (χ0n) is 7.29. The molecule has 0 bridgehead atoms. The molecule has 1 heteroatoms. The molecule has 0 saturated carbocycles. The third-order valence-electron chi connectivity index (χ3n) is 2.48. The van der Waals surface area contributed by atoms with Crippen LogP contribution < -0.4 is 0 Å². The lowest BCUT2D eigenvalue weighted by Crippen LogP contribution is -2.07. The van der Waals surface area contributed by atoms with Crippen LogP contribution in [0.15, 0.2) is 24.3 Å². The summed E-state index contributed by atoms with van der Waals surface area (Å²) in [5.41, 5.74) is 2.01. The molecular formula is C12H10O. The summed E-state index contributed by atoms with van der Waals surface area (Å²) in [7, 11) is 0. The van der Waals surface area contributed by atoms with Crippen LogP contribution in [0.25, 0.3) is 0 Å². The molecule has 0 N–H and O–H groups in total. The molecule has 0 saturated heterocycles. The van der Waals surface area contributed by atoms with Crippen LogP contribution in [-0.2, 0) is 6.42 Å². The quantitative estimate of drug-likeness (QED) is 0.589. The minimum atomic E-state index is 0.0300. The smallest absolute Gasteiger partial charge is 0.167 e. The molecule has 0 aromatic heterocycles. The Morgan fingerprint density at radius 1 is 1.46 bits per heavy atom. The van der Waals surface area contributed by atoms with E-state index in [4.69, 9.17) is 6.42 Å². The molecule has 1 aliphatic rings. The number of ketones is 1. The molecule has 1 atom stereocenters. The van der Waals surface area contributed by atoms with Gasteiger partial charge in [-0.1, -0.05) is 24.3 Å². The van der Waals surface area contributed by atoms with Crippen molar-refractivity contribution in [2.24, 2.45) is 5.92 Å². The average molecular weight is 170 g/mol. The molecule has 1 aromatic carbocycles. The van der Waals surface area contributed by atoms with Gasteiger partial charge in [-0.05, 0) is 12.0 Å². The summed E-state index contributed by atoms with van der Waals surface area (Å²) in [6.07, 6.45) is 6.58. The highest BCUT2D eigenvalue weighted by Gasteiger charge is 2.28. The van der Waals surface area contributed by atoms with Crippen LogP contribution in [0.5, 0.6) is 0 Å². The fourth-order valence-electron chi connectivity index (χ4n) is 1.82. The van der Waals surface area contributed by atoms with Crippen molar-refractivity contribution in [3.05, 3.63) is 35.4 Å². The van der Waals surface area contributed by atoms with Crippen LogP contribution in [0.1, 0.15) is 22.3 Å². The van der Waals surface area contributed by atoms with E-state index in [1.807, 2.05) is 24.3 Å². The molecule has 0 aliphatic heterocycles. The van der Waals surface area contributed by atoms with Crippen LogP contribution in [0.3, 0.4) is 0 Å². The lowest BCUT2D eigenvalue weighted by atomic mass is 10.0. The van der Waals surface area contributed by atoms with E-state index in [1.165, 1.54) is 0 Å². The summed E-state index contributed by atoms with van der Waals surface area (Å²) in [5.74, 6) is 2.80. The summed E-state index contributed by atoms with van der Waals surface area (Å²) in [6, 6.07) is 7.75.